The van der Waals surface area contributed by atoms with Gasteiger partial charge in [0.2, 0.25) is 0 Å². The molecule has 0 heterocycles. The van der Waals surface area contributed by atoms with E-state index in [9.17, 15) is 10.2 Å². The van der Waals surface area contributed by atoms with Gasteiger partial charge in [-0.2, -0.15) is 0 Å². The molecule has 3 heteroatoms. The topological polar surface area (TPSA) is 52.5 Å². The van der Waals surface area contributed by atoms with Crippen LogP contribution in [-0.4, -0.2) is 16.3 Å². The molecule has 16 heavy (non-hydrogen) atoms. The number of phenols is 2. The molecule has 3 nitrogen and oxygen atoms in total. The molecular weight excluding hydrogens is 202 g/mol. The fraction of sp³-hybridized carbons (Fsp3) is 0.538. The Labute approximate surface area is 96.1 Å². The van der Waals surface area contributed by atoms with Crippen LogP contribution in [-0.2, 0) is 6.54 Å². The van der Waals surface area contributed by atoms with Gasteiger partial charge in [0.15, 0.2) is 0 Å². The Bertz CT molecular complexity index is 365. The Morgan fingerprint density at radius 1 is 1.31 bits per heavy atom. The van der Waals surface area contributed by atoms with Crippen molar-refractivity contribution < 1.29 is 10.2 Å². The van der Waals surface area contributed by atoms with Crippen molar-refractivity contribution in [2.24, 2.45) is 5.92 Å². The van der Waals surface area contributed by atoms with Crippen molar-refractivity contribution in [3.8, 4) is 11.5 Å². The summed E-state index contributed by atoms with van der Waals surface area (Å²) in [5, 5.41) is 22.3. The van der Waals surface area contributed by atoms with Gasteiger partial charge in [-0.1, -0.05) is 19.4 Å². The summed E-state index contributed by atoms with van der Waals surface area (Å²) in [6.45, 7) is 2.93. The Morgan fingerprint density at radius 3 is 2.75 bits per heavy atom. The largest absolute Gasteiger partial charge is 0.508 e. The first-order chi connectivity index (χ1) is 7.66. The summed E-state index contributed by atoms with van der Waals surface area (Å²) >= 11 is 0. The number of phenolic OH excluding ortho intramolecular Hbond substituents is 2. The Balaban J connectivity index is 1.94. The molecule has 1 aromatic rings. The average molecular weight is 221 g/mol. The van der Waals surface area contributed by atoms with Crippen molar-refractivity contribution in [3.05, 3.63) is 23.8 Å². The molecule has 0 amide bonds. The highest BCUT2D eigenvalue weighted by atomic mass is 16.3. The number of hydrogen-bond acceptors (Lipinski definition) is 3. The molecular formula is C13H19NO2. The molecule has 0 saturated heterocycles. The summed E-state index contributed by atoms with van der Waals surface area (Å²) in [7, 11) is 0. The number of nitrogens with one attached hydrogen (secondary N) is 1. The number of rotatable bonds is 3. The van der Waals surface area contributed by atoms with E-state index in [0.717, 1.165) is 11.5 Å². The van der Waals surface area contributed by atoms with Crippen LogP contribution in [0.25, 0.3) is 0 Å². The van der Waals surface area contributed by atoms with Crippen LogP contribution in [0.2, 0.25) is 0 Å². The molecule has 1 fully saturated rings. The first kappa shape index (κ1) is 11.3. The molecule has 0 aromatic heterocycles. The van der Waals surface area contributed by atoms with Gasteiger partial charge in [0.1, 0.15) is 11.5 Å². The van der Waals surface area contributed by atoms with Gasteiger partial charge in [-0.05, 0) is 24.8 Å². The van der Waals surface area contributed by atoms with E-state index in [1.165, 1.54) is 25.3 Å². The van der Waals surface area contributed by atoms with E-state index < -0.39 is 0 Å². The van der Waals surface area contributed by atoms with Crippen LogP contribution in [0.4, 0.5) is 0 Å². The van der Waals surface area contributed by atoms with Crippen molar-refractivity contribution in [3.63, 3.8) is 0 Å². The van der Waals surface area contributed by atoms with E-state index in [-0.39, 0.29) is 11.5 Å². The highest BCUT2D eigenvalue weighted by molar-refractivity contribution is 5.38. The van der Waals surface area contributed by atoms with E-state index in [0.29, 0.717) is 12.6 Å². The maximum Gasteiger partial charge on any atom is 0.123 e. The van der Waals surface area contributed by atoms with Gasteiger partial charge in [0, 0.05) is 24.2 Å². The minimum Gasteiger partial charge on any atom is -0.508 e. The maximum atomic E-state index is 9.63. The lowest BCUT2D eigenvalue weighted by Gasteiger charge is -2.17. The molecule has 1 aliphatic rings. The first-order valence-corrected chi connectivity index (χ1v) is 5.91. The summed E-state index contributed by atoms with van der Waals surface area (Å²) in [4.78, 5) is 0. The zero-order chi connectivity index (χ0) is 11.5. The smallest absolute Gasteiger partial charge is 0.123 e. The average Bonchev–Trinajstić information content (AvgIpc) is 2.63. The minimum atomic E-state index is 0.107. The van der Waals surface area contributed by atoms with Crippen LogP contribution in [0.5, 0.6) is 11.5 Å². The van der Waals surface area contributed by atoms with Gasteiger partial charge in [-0.15, -0.1) is 0 Å². The number of benzene rings is 1. The lowest BCUT2D eigenvalue weighted by Crippen LogP contribution is -2.30. The molecule has 1 aliphatic carbocycles. The second kappa shape index (κ2) is 4.74. The highest BCUT2D eigenvalue weighted by Gasteiger charge is 2.22. The van der Waals surface area contributed by atoms with E-state index in [4.69, 9.17) is 0 Å². The summed E-state index contributed by atoms with van der Waals surface area (Å²) in [6, 6.07) is 5.31. The molecule has 3 N–H and O–H groups in total. The van der Waals surface area contributed by atoms with Gasteiger partial charge in [-0.25, -0.2) is 0 Å². The molecule has 2 rings (SSSR count). The molecule has 0 bridgehead atoms. The van der Waals surface area contributed by atoms with Crippen molar-refractivity contribution in [1.82, 2.24) is 5.32 Å². The van der Waals surface area contributed by atoms with Crippen LogP contribution >= 0.6 is 0 Å². The van der Waals surface area contributed by atoms with E-state index in [2.05, 4.69) is 12.2 Å². The minimum absolute atomic E-state index is 0.107. The summed E-state index contributed by atoms with van der Waals surface area (Å²) in [5.41, 5.74) is 0.844. The predicted molar refractivity (Wildman–Crippen MR) is 63.4 cm³/mol. The SMILES string of the molecule is CC1CCCC1NCc1ccc(O)cc1O. The van der Waals surface area contributed by atoms with Crippen LogP contribution in [0.3, 0.4) is 0 Å². The van der Waals surface area contributed by atoms with Crippen molar-refractivity contribution in [2.45, 2.75) is 38.8 Å². The van der Waals surface area contributed by atoms with Crippen LogP contribution in [0, 0.1) is 5.92 Å². The van der Waals surface area contributed by atoms with Gasteiger partial charge < -0.3 is 15.5 Å². The Hall–Kier alpha value is -1.22. The third kappa shape index (κ3) is 2.47. The monoisotopic (exact) mass is 221 g/mol. The Morgan fingerprint density at radius 2 is 2.12 bits per heavy atom. The molecule has 1 aromatic carbocycles. The Kier molecular flexibility index (Phi) is 3.34. The predicted octanol–water partition coefficient (Wildman–Crippen LogP) is 2.38. The van der Waals surface area contributed by atoms with Crippen LogP contribution < -0.4 is 5.32 Å². The van der Waals surface area contributed by atoms with Crippen LogP contribution in [0.1, 0.15) is 31.7 Å². The summed E-state index contributed by atoms with van der Waals surface area (Å²) in [6.07, 6.45) is 3.81. The van der Waals surface area contributed by atoms with Gasteiger partial charge >= 0.3 is 0 Å². The summed E-state index contributed by atoms with van der Waals surface area (Å²) < 4.78 is 0. The molecule has 88 valence electrons. The van der Waals surface area contributed by atoms with Crippen LogP contribution in [0.15, 0.2) is 18.2 Å². The van der Waals surface area contributed by atoms with E-state index >= 15 is 0 Å². The van der Waals surface area contributed by atoms with Crippen molar-refractivity contribution in [2.75, 3.05) is 0 Å². The highest BCUT2D eigenvalue weighted by Crippen LogP contribution is 2.26. The third-order valence-corrected chi connectivity index (χ3v) is 3.49. The zero-order valence-corrected chi connectivity index (χ0v) is 9.61. The number of aromatic hydroxyl groups is 2. The van der Waals surface area contributed by atoms with Gasteiger partial charge in [-0.3, -0.25) is 0 Å². The summed E-state index contributed by atoms with van der Waals surface area (Å²) in [5.74, 6) is 0.993. The molecule has 2 unspecified atom stereocenters. The second-order valence-corrected chi connectivity index (χ2v) is 4.71. The van der Waals surface area contributed by atoms with E-state index in [1.807, 2.05) is 0 Å². The van der Waals surface area contributed by atoms with Gasteiger partial charge in [0.25, 0.3) is 0 Å². The van der Waals surface area contributed by atoms with E-state index in [1.54, 1.807) is 12.1 Å². The fourth-order valence-corrected chi connectivity index (χ4v) is 2.39. The third-order valence-electron chi connectivity index (χ3n) is 3.49. The maximum absolute atomic E-state index is 9.63. The quantitative estimate of drug-likeness (QED) is 0.734. The lowest BCUT2D eigenvalue weighted by atomic mass is 10.1. The molecule has 0 aliphatic heterocycles. The fourth-order valence-electron chi connectivity index (χ4n) is 2.39. The second-order valence-electron chi connectivity index (χ2n) is 4.71. The first-order valence-electron chi connectivity index (χ1n) is 5.91. The molecule has 0 spiro atoms. The van der Waals surface area contributed by atoms with Gasteiger partial charge in [0.05, 0.1) is 0 Å². The normalized spacial score (nSPS) is 24.8. The number of hydrogen-bond donors (Lipinski definition) is 3. The van der Waals surface area contributed by atoms with Crippen molar-refractivity contribution in [1.29, 1.82) is 0 Å². The zero-order valence-electron chi connectivity index (χ0n) is 9.61. The molecule has 0 radical (unpaired) electrons. The van der Waals surface area contributed by atoms with Crippen molar-refractivity contribution >= 4 is 0 Å². The molecule has 1 saturated carbocycles. The lowest BCUT2D eigenvalue weighted by molar-refractivity contribution is 0.412. The standard InChI is InChI=1S/C13H19NO2/c1-9-3-2-4-12(9)14-8-10-5-6-11(15)7-13(10)16/h5-7,9,12,14-16H,2-4,8H2,1H3. The molecule has 2 atom stereocenters.